The zero-order chi connectivity index (χ0) is 20.0. The minimum Gasteiger partial charge on any atom is -0.343 e. The van der Waals surface area contributed by atoms with Crippen molar-refractivity contribution in [3.63, 3.8) is 0 Å². The molecule has 0 aliphatic heterocycles. The fourth-order valence-corrected chi connectivity index (χ4v) is 3.80. The number of unbranched alkanes of at least 4 members (excludes halogenated alkanes) is 10. The van der Waals surface area contributed by atoms with Crippen LogP contribution in [0.15, 0.2) is 47.4 Å². The van der Waals surface area contributed by atoms with Crippen molar-refractivity contribution in [2.24, 2.45) is 0 Å². The number of benzene rings is 2. The summed E-state index contributed by atoms with van der Waals surface area (Å²) >= 11 is 0. The average molecular weight is 415 g/mol. The van der Waals surface area contributed by atoms with Gasteiger partial charge in [-0.2, -0.15) is 14.8 Å². The molecular weight excluding hydrogens is 379 g/mol. The second kappa shape index (κ2) is 16.4. The Labute approximate surface area is 194 Å². The molecule has 0 unspecified atom stereocenters. The largest absolute Gasteiger partial charge is 1.00 e. The van der Waals surface area contributed by atoms with E-state index in [1.807, 2.05) is 6.07 Å². The Balaban J connectivity index is 0.000000505. The Kier molecular flexibility index (Phi) is 16.2. The third kappa shape index (κ3) is 11.6. The topological polar surface area (TPSA) is 54.4 Å². The van der Waals surface area contributed by atoms with Gasteiger partial charge in [0.15, 0.2) is 0 Å². The summed E-state index contributed by atoms with van der Waals surface area (Å²) in [4.78, 5) is -0.0457. The summed E-state index contributed by atoms with van der Waals surface area (Å²) in [5.41, 5.74) is 0. The van der Waals surface area contributed by atoms with Gasteiger partial charge in [-0.15, -0.1) is 0 Å². The van der Waals surface area contributed by atoms with Crippen molar-refractivity contribution >= 4 is 20.9 Å². The van der Waals surface area contributed by atoms with Crippen molar-refractivity contribution in [1.82, 2.24) is 0 Å². The maximum Gasteiger partial charge on any atom is 1.00 e. The van der Waals surface area contributed by atoms with E-state index >= 15 is 0 Å². The van der Waals surface area contributed by atoms with Crippen LogP contribution in [0.1, 0.15) is 77.6 Å². The Morgan fingerprint density at radius 1 is 0.786 bits per heavy atom. The molecular formula is C23H35NaO3S. The average Bonchev–Trinajstić information content (AvgIpc) is 2.66. The molecule has 152 valence electrons. The first-order chi connectivity index (χ1) is 13.0. The molecule has 2 rings (SSSR count). The van der Waals surface area contributed by atoms with Gasteiger partial charge in [-0.05, 0) is 11.5 Å². The maximum absolute atomic E-state index is 11.0. The molecule has 0 fully saturated rings. The molecule has 0 aliphatic carbocycles. The Hall–Kier alpha value is -0.390. The van der Waals surface area contributed by atoms with Gasteiger partial charge in [-0.1, -0.05) is 108 Å². The molecule has 5 heteroatoms. The molecule has 0 radical (unpaired) electrons. The smallest absolute Gasteiger partial charge is 0.343 e. The van der Waals surface area contributed by atoms with Crippen molar-refractivity contribution < 1.29 is 42.5 Å². The number of rotatable bonds is 11. The summed E-state index contributed by atoms with van der Waals surface area (Å²) in [6, 6.07) is 11.8. The second-order valence-corrected chi connectivity index (χ2v) is 8.38. The second-order valence-electron chi connectivity index (χ2n) is 6.99. The Morgan fingerprint density at radius 3 is 1.82 bits per heavy atom. The van der Waals surface area contributed by atoms with Crippen LogP contribution in [-0.4, -0.2) is 13.0 Å². The Bertz CT molecular complexity index is 729. The molecule has 0 saturated carbocycles. The number of hydrogen-bond donors (Lipinski definition) is 1. The van der Waals surface area contributed by atoms with Crippen LogP contribution >= 0.6 is 0 Å². The first-order valence-corrected chi connectivity index (χ1v) is 11.7. The summed E-state index contributed by atoms with van der Waals surface area (Å²) in [6.07, 6.45) is 15.4. The standard InChI is InChI=1S/C13H27.C10H8O3S.Na/c1-3-5-7-9-11-13-12-10-8-6-4-2;11-14(12,13)10-7-3-5-8-4-1-2-6-9(8)10;/h1,3-13H2,2H3;1-7H,(H,11,12,13);/q-1;;+1. The van der Waals surface area contributed by atoms with E-state index in [4.69, 9.17) is 4.55 Å². The summed E-state index contributed by atoms with van der Waals surface area (Å²) in [7, 11) is -4.13. The van der Waals surface area contributed by atoms with Gasteiger partial charge in [0.1, 0.15) is 4.90 Å². The van der Waals surface area contributed by atoms with Crippen LogP contribution in [0.3, 0.4) is 0 Å². The van der Waals surface area contributed by atoms with Crippen LogP contribution in [0.25, 0.3) is 10.8 Å². The number of hydrogen-bond acceptors (Lipinski definition) is 2. The third-order valence-electron chi connectivity index (χ3n) is 4.63. The van der Waals surface area contributed by atoms with Gasteiger partial charge < -0.3 is 6.92 Å². The van der Waals surface area contributed by atoms with Crippen LogP contribution in [0.5, 0.6) is 0 Å². The molecule has 0 aromatic heterocycles. The molecule has 1 N–H and O–H groups in total. The van der Waals surface area contributed by atoms with E-state index in [9.17, 15) is 8.42 Å². The molecule has 0 atom stereocenters. The third-order valence-corrected chi connectivity index (χ3v) is 5.54. The minimum atomic E-state index is -4.13. The van der Waals surface area contributed by atoms with E-state index in [2.05, 4.69) is 13.8 Å². The minimum absolute atomic E-state index is 0. The van der Waals surface area contributed by atoms with E-state index in [-0.39, 0.29) is 34.5 Å². The Morgan fingerprint density at radius 2 is 1.29 bits per heavy atom. The molecule has 0 heterocycles. The molecule has 2 aromatic rings. The fraction of sp³-hybridized carbons (Fsp3) is 0.522. The van der Waals surface area contributed by atoms with Gasteiger partial charge in [0.25, 0.3) is 10.1 Å². The van der Waals surface area contributed by atoms with Gasteiger partial charge in [0, 0.05) is 5.39 Å². The van der Waals surface area contributed by atoms with Crippen LogP contribution < -0.4 is 29.6 Å². The van der Waals surface area contributed by atoms with Gasteiger partial charge in [0.05, 0.1) is 0 Å². The monoisotopic (exact) mass is 414 g/mol. The van der Waals surface area contributed by atoms with Crippen molar-refractivity contribution in [2.75, 3.05) is 0 Å². The van der Waals surface area contributed by atoms with Crippen molar-refractivity contribution in [3.8, 4) is 0 Å². The van der Waals surface area contributed by atoms with Crippen LogP contribution in [0.2, 0.25) is 0 Å². The zero-order valence-electron chi connectivity index (χ0n) is 17.7. The molecule has 2 aromatic carbocycles. The van der Waals surface area contributed by atoms with Crippen molar-refractivity contribution in [3.05, 3.63) is 49.4 Å². The first-order valence-electron chi connectivity index (χ1n) is 10.2. The van der Waals surface area contributed by atoms with Gasteiger partial charge in [0.2, 0.25) is 0 Å². The maximum atomic E-state index is 11.0. The van der Waals surface area contributed by atoms with E-state index in [0.717, 1.165) is 11.8 Å². The van der Waals surface area contributed by atoms with Gasteiger partial charge >= 0.3 is 29.6 Å². The first kappa shape index (κ1) is 27.6. The fourth-order valence-electron chi connectivity index (χ4n) is 3.08. The summed E-state index contributed by atoms with van der Waals surface area (Å²) in [6.45, 7) is 6.13. The van der Waals surface area contributed by atoms with Crippen LogP contribution in [0, 0.1) is 6.92 Å². The van der Waals surface area contributed by atoms with E-state index in [1.165, 1.54) is 70.3 Å². The molecule has 0 spiro atoms. The number of fused-ring (bicyclic) bond motifs is 1. The molecule has 0 amide bonds. The van der Waals surface area contributed by atoms with Crippen LogP contribution in [0.4, 0.5) is 0 Å². The summed E-state index contributed by atoms with van der Waals surface area (Å²) in [5, 5.41) is 1.33. The van der Waals surface area contributed by atoms with Gasteiger partial charge in [-0.25, -0.2) is 0 Å². The van der Waals surface area contributed by atoms with Crippen LogP contribution in [-0.2, 0) is 10.1 Å². The zero-order valence-corrected chi connectivity index (χ0v) is 20.5. The van der Waals surface area contributed by atoms with Gasteiger partial charge in [-0.3, -0.25) is 4.55 Å². The van der Waals surface area contributed by atoms with E-state index in [0.29, 0.717) is 5.39 Å². The predicted octanol–water partition coefficient (Wildman–Crippen LogP) is 4.22. The quantitative estimate of drug-likeness (QED) is 0.259. The summed E-state index contributed by atoms with van der Waals surface area (Å²) < 4.78 is 31.0. The van der Waals surface area contributed by atoms with E-state index < -0.39 is 10.1 Å². The predicted molar refractivity (Wildman–Crippen MR) is 116 cm³/mol. The normalized spacial score (nSPS) is 10.8. The van der Waals surface area contributed by atoms with E-state index in [1.54, 1.807) is 30.3 Å². The molecule has 0 saturated heterocycles. The SMILES string of the molecule is O=S(=O)(O)c1cccc2ccccc12.[CH2-]CCCCCCCCCCCC.[Na+]. The molecule has 3 nitrogen and oxygen atoms in total. The van der Waals surface area contributed by atoms with Crippen molar-refractivity contribution in [2.45, 2.75) is 82.4 Å². The molecule has 28 heavy (non-hydrogen) atoms. The molecule has 0 aliphatic rings. The summed E-state index contributed by atoms with van der Waals surface area (Å²) in [5.74, 6) is 0. The van der Waals surface area contributed by atoms with Crippen molar-refractivity contribution in [1.29, 1.82) is 0 Å². The molecule has 0 bridgehead atoms.